The van der Waals surface area contributed by atoms with Crippen molar-refractivity contribution in [2.75, 3.05) is 19.8 Å². The summed E-state index contributed by atoms with van der Waals surface area (Å²) in [5.74, 6) is 0.890. The van der Waals surface area contributed by atoms with Crippen molar-refractivity contribution < 1.29 is 14.2 Å². The van der Waals surface area contributed by atoms with Crippen LogP contribution in [0.15, 0.2) is 42.7 Å². The van der Waals surface area contributed by atoms with Crippen LogP contribution in [0, 0.1) is 0 Å². The number of rotatable bonds is 4. The molecular weight excluding hydrogens is 242 g/mol. The molecule has 100 valence electrons. The van der Waals surface area contributed by atoms with Gasteiger partial charge in [-0.25, -0.2) is 0 Å². The molecule has 0 amide bonds. The van der Waals surface area contributed by atoms with Gasteiger partial charge < -0.3 is 18.8 Å². The van der Waals surface area contributed by atoms with E-state index in [0.29, 0.717) is 19.8 Å². The lowest BCUT2D eigenvalue weighted by molar-refractivity contribution is -0.0440. The summed E-state index contributed by atoms with van der Waals surface area (Å²) in [6.45, 7) is 3.99. The molecule has 1 aliphatic rings. The van der Waals surface area contributed by atoms with Gasteiger partial charge in [0.2, 0.25) is 0 Å². The number of ether oxygens (including phenoxy) is 3. The van der Waals surface area contributed by atoms with Crippen LogP contribution in [0.4, 0.5) is 0 Å². The summed E-state index contributed by atoms with van der Waals surface area (Å²) in [4.78, 5) is 0. The zero-order valence-electron chi connectivity index (χ0n) is 10.9. The molecule has 2 heterocycles. The van der Waals surface area contributed by atoms with Crippen LogP contribution >= 0.6 is 0 Å². The average Bonchev–Trinajstić information content (AvgIpc) is 3.11. The first-order chi connectivity index (χ1) is 9.36. The third-order valence-corrected chi connectivity index (χ3v) is 3.06. The van der Waals surface area contributed by atoms with Gasteiger partial charge in [0.1, 0.15) is 5.75 Å². The predicted octanol–water partition coefficient (Wildman–Crippen LogP) is 2.92. The molecule has 1 saturated heterocycles. The van der Waals surface area contributed by atoms with Crippen LogP contribution in [0.2, 0.25) is 0 Å². The maximum Gasteiger partial charge on any atom is 0.185 e. The van der Waals surface area contributed by atoms with Gasteiger partial charge in [-0.2, -0.15) is 0 Å². The van der Waals surface area contributed by atoms with E-state index in [1.165, 1.54) is 0 Å². The Morgan fingerprint density at radius 2 is 1.89 bits per heavy atom. The van der Waals surface area contributed by atoms with Crippen LogP contribution in [0.5, 0.6) is 5.75 Å². The van der Waals surface area contributed by atoms with Crippen molar-refractivity contribution >= 4 is 0 Å². The lowest BCUT2D eigenvalue weighted by Gasteiger charge is -2.07. The molecule has 0 saturated carbocycles. The molecule has 4 nitrogen and oxygen atoms in total. The summed E-state index contributed by atoms with van der Waals surface area (Å²) in [6.07, 6.45) is 3.82. The van der Waals surface area contributed by atoms with E-state index in [0.717, 1.165) is 17.0 Å². The number of aromatic nitrogens is 1. The zero-order valence-corrected chi connectivity index (χ0v) is 10.9. The molecule has 0 atom stereocenters. The van der Waals surface area contributed by atoms with Crippen molar-refractivity contribution in [2.45, 2.75) is 13.2 Å². The zero-order chi connectivity index (χ0) is 13.1. The molecule has 0 bridgehead atoms. The predicted molar refractivity (Wildman–Crippen MR) is 71.6 cm³/mol. The standard InChI is InChI=1S/C15H17NO3/c1-2-17-14-5-3-13(4-6-14)16-8-7-12(11-16)15-18-9-10-19-15/h3-8,11,15H,2,9-10H2,1H3. The molecule has 4 heteroatoms. The highest BCUT2D eigenvalue weighted by Crippen LogP contribution is 2.25. The van der Waals surface area contributed by atoms with Crippen LogP contribution in [0.25, 0.3) is 5.69 Å². The topological polar surface area (TPSA) is 32.6 Å². The molecule has 1 aromatic heterocycles. The minimum atomic E-state index is -0.219. The quantitative estimate of drug-likeness (QED) is 0.846. The largest absolute Gasteiger partial charge is 0.494 e. The van der Waals surface area contributed by atoms with E-state index in [1.54, 1.807) is 0 Å². The average molecular weight is 259 g/mol. The van der Waals surface area contributed by atoms with Crippen molar-refractivity contribution in [1.29, 1.82) is 0 Å². The fourth-order valence-corrected chi connectivity index (χ4v) is 2.15. The summed E-state index contributed by atoms with van der Waals surface area (Å²) in [7, 11) is 0. The summed E-state index contributed by atoms with van der Waals surface area (Å²) in [5.41, 5.74) is 2.14. The molecule has 0 N–H and O–H groups in total. The molecule has 1 fully saturated rings. The second-order valence-corrected chi connectivity index (χ2v) is 4.35. The second-order valence-electron chi connectivity index (χ2n) is 4.35. The van der Waals surface area contributed by atoms with E-state index in [1.807, 2.05) is 49.6 Å². The Morgan fingerprint density at radius 3 is 2.58 bits per heavy atom. The van der Waals surface area contributed by atoms with Crippen molar-refractivity contribution in [2.24, 2.45) is 0 Å². The molecule has 1 aliphatic heterocycles. The van der Waals surface area contributed by atoms with E-state index in [-0.39, 0.29) is 6.29 Å². The van der Waals surface area contributed by atoms with Gasteiger partial charge >= 0.3 is 0 Å². The smallest absolute Gasteiger partial charge is 0.185 e. The van der Waals surface area contributed by atoms with Crippen LogP contribution in [0.3, 0.4) is 0 Å². The molecule has 1 aromatic carbocycles. The van der Waals surface area contributed by atoms with Crippen LogP contribution in [-0.4, -0.2) is 24.4 Å². The molecule has 0 spiro atoms. The van der Waals surface area contributed by atoms with Gasteiger partial charge in [0.05, 0.1) is 19.8 Å². The third kappa shape index (κ3) is 2.64. The molecule has 19 heavy (non-hydrogen) atoms. The van der Waals surface area contributed by atoms with E-state index >= 15 is 0 Å². The van der Waals surface area contributed by atoms with E-state index < -0.39 is 0 Å². The van der Waals surface area contributed by atoms with Gasteiger partial charge in [-0.15, -0.1) is 0 Å². The Morgan fingerprint density at radius 1 is 1.16 bits per heavy atom. The van der Waals surface area contributed by atoms with Crippen molar-refractivity contribution in [3.05, 3.63) is 48.3 Å². The highest BCUT2D eigenvalue weighted by atomic mass is 16.7. The fraction of sp³-hybridized carbons (Fsp3) is 0.333. The summed E-state index contributed by atoms with van der Waals surface area (Å²) in [6, 6.07) is 10.0. The molecule has 0 radical (unpaired) electrons. The Bertz CT molecular complexity index is 527. The fourth-order valence-electron chi connectivity index (χ4n) is 2.15. The Labute approximate surface area is 112 Å². The Balaban J connectivity index is 1.77. The van der Waals surface area contributed by atoms with E-state index in [9.17, 15) is 0 Å². The number of benzene rings is 1. The summed E-state index contributed by atoms with van der Waals surface area (Å²) >= 11 is 0. The van der Waals surface area contributed by atoms with E-state index in [4.69, 9.17) is 14.2 Å². The van der Waals surface area contributed by atoms with Gasteiger partial charge in [0.15, 0.2) is 6.29 Å². The van der Waals surface area contributed by atoms with Crippen LogP contribution in [-0.2, 0) is 9.47 Å². The van der Waals surface area contributed by atoms with E-state index in [2.05, 4.69) is 4.57 Å². The number of hydrogen-bond acceptors (Lipinski definition) is 3. The second kappa shape index (κ2) is 5.47. The van der Waals surface area contributed by atoms with Gasteiger partial charge in [-0.1, -0.05) is 0 Å². The molecule has 3 rings (SSSR count). The van der Waals surface area contributed by atoms with Crippen molar-refractivity contribution in [1.82, 2.24) is 4.57 Å². The summed E-state index contributed by atoms with van der Waals surface area (Å²) < 4.78 is 18.5. The minimum absolute atomic E-state index is 0.219. The highest BCUT2D eigenvalue weighted by molar-refractivity contribution is 5.38. The monoisotopic (exact) mass is 259 g/mol. The van der Waals surface area contributed by atoms with Crippen molar-refractivity contribution in [3.8, 4) is 11.4 Å². The van der Waals surface area contributed by atoms with Gasteiger partial charge in [0.25, 0.3) is 0 Å². The normalized spacial score (nSPS) is 15.8. The number of nitrogens with zero attached hydrogens (tertiary/aromatic N) is 1. The maximum absolute atomic E-state index is 5.48. The number of hydrogen-bond donors (Lipinski definition) is 0. The molecule has 0 aliphatic carbocycles. The van der Waals surface area contributed by atoms with Crippen LogP contribution < -0.4 is 4.74 Å². The van der Waals surface area contributed by atoms with Gasteiger partial charge in [-0.3, -0.25) is 0 Å². The first-order valence-electron chi connectivity index (χ1n) is 6.51. The lowest BCUT2D eigenvalue weighted by atomic mass is 10.3. The lowest BCUT2D eigenvalue weighted by Crippen LogP contribution is -1.96. The maximum atomic E-state index is 5.48. The molecule has 0 unspecified atom stereocenters. The Hall–Kier alpha value is -1.78. The summed E-state index contributed by atoms with van der Waals surface area (Å²) in [5, 5.41) is 0. The first-order valence-corrected chi connectivity index (χ1v) is 6.51. The molecular formula is C15H17NO3. The van der Waals surface area contributed by atoms with Gasteiger partial charge in [0, 0.05) is 23.6 Å². The van der Waals surface area contributed by atoms with Crippen LogP contribution in [0.1, 0.15) is 18.8 Å². The highest BCUT2D eigenvalue weighted by Gasteiger charge is 2.19. The SMILES string of the molecule is CCOc1ccc(-n2ccc(C3OCCO3)c2)cc1. The van der Waals surface area contributed by atoms with Gasteiger partial charge in [-0.05, 0) is 37.3 Å². The first kappa shape index (κ1) is 12.3. The van der Waals surface area contributed by atoms with Crippen molar-refractivity contribution in [3.63, 3.8) is 0 Å². The molecule has 2 aromatic rings. The third-order valence-electron chi connectivity index (χ3n) is 3.06. The minimum Gasteiger partial charge on any atom is -0.494 e. The Kier molecular flexibility index (Phi) is 3.53.